The summed E-state index contributed by atoms with van der Waals surface area (Å²) in [5, 5.41) is 4.11. The van der Waals surface area contributed by atoms with Crippen LogP contribution in [0.25, 0.3) is 0 Å². The molecule has 0 radical (unpaired) electrons. The van der Waals surface area contributed by atoms with Gasteiger partial charge in [-0.3, -0.25) is 19.2 Å². The number of carbonyl (C=O) groups excluding carboxylic acids is 2. The fourth-order valence-electron chi connectivity index (χ4n) is 4.72. The van der Waals surface area contributed by atoms with Gasteiger partial charge in [0.15, 0.2) is 5.82 Å². The zero-order valence-electron chi connectivity index (χ0n) is 18.7. The van der Waals surface area contributed by atoms with Crippen LogP contribution in [0.4, 0.5) is 10.2 Å². The van der Waals surface area contributed by atoms with Crippen LogP contribution >= 0.6 is 0 Å². The van der Waals surface area contributed by atoms with Crippen LogP contribution in [0.2, 0.25) is 0 Å². The number of amides is 2. The minimum Gasteiger partial charge on any atom is -0.327 e. The third kappa shape index (κ3) is 3.77. The quantitative estimate of drug-likeness (QED) is 0.599. The molecule has 2 aromatic heterocycles. The van der Waals surface area contributed by atoms with E-state index < -0.39 is 0 Å². The average molecular weight is 449 g/mol. The number of carbonyl (C=O) groups is 2. The van der Waals surface area contributed by atoms with Gasteiger partial charge in [-0.1, -0.05) is 18.2 Å². The van der Waals surface area contributed by atoms with Crippen molar-refractivity contribution in [3.63, 3.8) is 0 Å². The second-order valence-corrected chi connectivity index (χ2v) is 8.53. The molecule has 1 saturated heterocycles. The summed E-state index contributed by atoms with van der Waals surface area (Å²) in [6.07, 6.45) is 3.84. The molecule has 170 valence electrons. The topological polar surface area (TPSA) is 84.2 Å². The summed E-state index contributed by atoms with van der Waals surface area (Å²) in [6, 6.07) is 8.03. The molecule has 5 rings (SSSR count). The molecule has 0 aliphatic carbocycles. The number of nitrogens with zero attached hydrogens (tertiary/aromatic N) is 6. The largest absolute Gasteiger partial charge is 0.327 e. The van der Waals surface area contributed by atoms with Gasteiger partial charge < -0.3 is 4.90 Å². The van der Waals surface area contributed by atoms with Gasteiger partial charge in [-0.2, -0.15) is 5.10 Å². The van der Waals surface area contributed by atoms with Crippen molar-refractivity contribution in [1.82, 2.24) is 24.6 Å². The van der Waals surface area contributed by atoms with Crippen molar-refractivity contribution in [3.05, 3.63) is 70.7 Å². The molecule has 2 aliphatic rings. The fourth-order valence-corrected chi connectivity index (χ4v) is 4.72. The van der Waals surface area contributed by atoms with Crippen molar-refractivity contribution in [3.8, 4) is 0 Å². The maximum atomic E-state index is 14.1. The molecule has 0 bridgehead atoms. The van der Waals surface area contributed by atoms with E-state index in [-0.39, 0.29) is 30.1 Å². The number of hydrogen-bond acceptors (Lipinski definition) is 5. The van der Waals surface area contributed by atoms with Crippen LogP contribution in [0, 0.1) is 12.7 Å². The third-order valence-corrected chi connectivity index (χ3v) is 6.51. The highest BCUT2D eigenvalue weighted by Crippen LogP contribution is 2.35. The Balaban J connectivity index is 1.43. The van der Waals surface area contributed by atoms with Crippen LogP contribution in [0.3, 0.4) is 0 Å². The van der Waals surface area contributed by atoms with Gasteiger partial charge in [-0.15, -0.1) is 0 Å². The first-order valence-electron chi connectivity index (χ1n) is 11.1. The Morgan fingerprint density at radius 1 is 1.21 bits per heavy atom. The Morgan fingerprint density at radius 2 is 2.03 bits per heavy atom. The minimum atomic E-state index is -0.279. The lowest BCUT2D eigenvalue weighted by Crippen LogP contribution is -2.33. The van der Waals surface area contributed by atoms with Crippen molar-refractivity contribution < 1.29 is 14.0 Å². The Hall–Kier alpha value is -3.62. The van der Waals surface area contributed by atoms with Gasteiger partial charge in [0, 0.05) is 37.6 Å². The molecule has 1 aromatic carbocycles. The van der Waals surface area contributed by atoms with E-state index in [2.05, 4.69) is 5.10 Å². The van der Waals surface area contributed by atoms with Crippen LogP contribution in [-0.2, 0) is 24.7 Å². The lowest BCUT2D eigenvalue weighted by molar-refractivity contribution is -0.117. The van der Waals surface area contributed by atoms with Gasteiger partial charge in [0.25, 0.3) is 5.91 Å². The molecule has 0 N–H and O–H groups in total. The number of aryl methyl sites for hydroxylation is 2. The highest BCUT2D eigenvalue weighted by atomic mass is 19.1. The summed E-state index contributed by atoms with van der Waals surface area (Å²) in [6.45, 7) is 2.83. The molecule has 2 amide bonds. The fraction of sp³-hybridized carbons (Fsp3) is 0.375. The number of aromatic nitrogens is 4. The zero-order valence-corrected chi connectivity index (χ0v) is 18.7. The van der Waals surface area contributed by atoms with Gasteiger partial charge in [-0.05, 0) is 43.9 Å². The molecule has 0 spiro atoms. The van der Waals surface area contributed by atoms with Crippen LogP contribution < -0.4 is 4.90 Å². The number of likely N-dealkylation sites (tertiary alicyclic amines) is 1. The van der Waals surface area contributed by atoms with E-state index in [4.69, 9.17) is 9.97 Å². The molecule has 0 saturated carbocycles. The standard InChI is InChI=1S/C24H25FN6O2/c1-15-17-14-21(32)31(13-10-16-6-3-4-7-18(16)25)23(17)28-22(27-15)19-8-5-12-30(19)24(33)20-9-11-26-29(20)2/h3-4,6-7,9,11,19H,5,8,10,12-14H2,1-2H3. The van der Waals surface area contributed by atoms with Gasteiger partial charge in [0.1, 0.15) is 17.3 Å². The number of hydrogen-bond donors (Lipinski definition) is 0. The van der Waals surface area contributed by atoms with E-state index in [1.807, 2.05) is 6.92 Å². The molecule has 2 aliphatic heterocycles. The van der Waals surface area contributed by atoms with Crippen molar-refractivity contribution in [2.75, 3.05) is 18.0 Å². The van der Waals surface area contributed by atoms with E-state index in [9.17, 15) is 14.0 Å². The summed E-state index contributed by atoms with van der Waals surface area (Å²) < 4.78 is 15.6. The molecular formula is C24H25FN6O2. The maximum absolute atomic E-state index is 14.1. The average Bonchev–Trinajstić information content (AvgIpc) is 3.52. The monoisotopic (exact) mass is 448 g/mol. The van der Waals surface area contributed by atoms with E-state index in [0.717, 1.165) is 24.1 Å². The van der Waals surface area contributed by atoms with E-state index in [0.29, 0.717) is 42.4 Å². The molecule has 1 atom stereocenters. The normalized spacial score (nSPS) is 17.7. The number of halogens is 1. The van der Waals surface area contributed by atoms with Gasteiger partial charge in [0.05, 0.1) is 12.5 Å². The van der Waals surface area contributed by atoms with Crippen molar-refractivity contribution >= 4 is 17.6 Å². The van der Waals surface area contributed by atoms with Crippen LogP contribution in [0.5, 0.6) is 0 Å². The first-order valence-corrected chi connectivity index (χ1v) is 11.1. The zero-order chi connectivity index (χ0) is 23.1. The highest BCUT2D eigenvalue weighted by Gasteiger charge is 2.37. The van der Waals surface area contributed by atoms with Crippen LogP contribution in [0.15, 0.2) is 36.5 Å². The Labute approximate surface area is 191 Å². The summed E-state index contributed by atoms with van der Waals surface area (Å²) in [5.74, 6) is 0.680. The smallest absolute Gasteiger partial charge is 0.272 e. The molecular weight excluding hydrogens is 423 g/mol. The second kappa shape index (κ2) is 8.38. The predicted octanol–water partition coefficient (Wildman–Crippen LogP) is 2.77. The summed E-state index contributed by atoms with van der Waals surface area (Å²) >= 11 is 0. The van der Waals surface area contributed by atoms with E-state index in [1.165, 1.54) is 6.07 Å². The van der Waals surface area contributed by atoms with Gasteiger partial charge in [-0.25, -0.2) is 14.4 Å². The Bertz CT molecular complexity index is 1240. The van der Waals surface area contributed by atoms with Crippen LogP contribution in [-0.4, -0.2) is 49.6 Å². The summed E-state index contributed by atoms with van der Waals surface area (Å²) in [7, 11) is 1.74. The molecule has 9 heteroatoms. The lowest BCUT2D eigenvalue weighted by Gasteiger charge is -2.25. The number of anilines is 1. The van der Waals surface area contributed by atoms with E-state index in [1.54, 1.807) is 52.0 Å². The van der Waals surface area contributed by atoms with Gasteiger partial charge >= 0.3 is 0 Å². The van der Waals surface area contributed by atoms with Gasteiger partial charge in [0.2, 0.25) is 5.91 Å². The van der Waals surface area contributed by atoms with Crippen molar-refractivity contribution in [1.29, 1.82) is 0 Å². The Kier molecular flexibility index (Phi) is 5.39. The van der Waals surface area contributed by atoms with E-state index >= 15 is 0 Å². The molecule has 33 heavy (non-hydrogen) atoms. The number of rotatable bonds is 5. The molecule has 4 heterocycles. The second-order valence-electron chi connectivity index (χ2n) is 8.53. The van der Waals surface area contributed by atoms with Crippen molar-refractivity contribution in [2.45, 2.75) is 38.6 Å². The number of fused-ring (bicyclic) bond motifs is 1. The molecule has 3 aromatic rings. The molecule has 1 fully saturated rings. The summed E-state index contributed by atoms with van der Waals surface area (Å²) in [4.78, 5) is 38.8. The SMILES string of the molecule is Cc1nc(C2CCCN2C(=O)c2ccnn2C)nc2c1CC(=O)N2CCc1ccccc1F. The first kappa shape index (κ1) is 21.2. The molecule has 8 nitrogen and oxygen atoms in total. The minimum absolute atomic E-state index is 0.0647. The third-order valence-electron chi connectivity index (χ3n) is 6.51. The molecule has 1 unspecified atom stereocenters. The first-order chi connectivity index (χ1) is 15.9. The van der Waals surface area contributed by atoms with Crippen LogP contribution in [0.1, 0.15) is 52.0 Å². The Morgan fingerprint density at radius 3 is 2.79 bits per heavy atom. The summed E-state index contributed by atoms with van der Waals surface area (Å²) in [5.41, 5.74) is 2.63. The predicted molar refractivity (Wildman–Crippen MR) is 119 cm³/mol. The number of benzene rings is 1. The van der Waals surface area contributed by atoms with Crippen molar-refractivity contribution in [2.24, 2.45) is 7.05 Å². The maximum Gasteiger partial charge on any atom is 0.272 e. The lowest BCUT2D eigenvalue weighted by atomic mass is 10.1. The highest BCUT2D eigenvalue weighted by molar-refractivity contribution is 6.00.